The van der Waals surface area contributed by atoms with Crippen molar-refractivity contribution < 1.29 is 9.90 Å². The molecule has 1 fully saturated rings. The second-order valence-electron chi connectivity index (χ2n) is 4.27. The van der Waals surface area contributed by atoms with Crippen molar-refractivity contribution in [1.82, 2.24) is 4.90 Å². The van der Waals surface area contributed by atoms with Gasteiger partial charge in [0.2, 0.25) is 0 Å². The molecule has 0 heterocycles. The average molecular weight is 319 g/mol. The van der Waals surface area contributed by atoms with E-state index in [2.05, 4.69) is 15.9 Å². The number of halogens is 2. The van der Waals surface area contributed by atoms with Crippen LogP contribution in [0.4, 0.5) is 0 Å². The van der Waals surface area contributed by atoms with Gasteiger partial charge in [0.1, 0.15) is 0 Å². The second kappa shape index (κ2) is 5.38. The molecule has 0 unspecified atom stereocenters. The van der Waals surface area contributed by atoms with Crippen LogP contribution >= 0.6 is 27.5 Å². The summed E-state index contributed by atoms with van der Waals surface area (Å²) in [5, 5.41) is 9.55. The van der Waals surface area contributed by atoms with E-state index in [0.717, 1.165) is 22.9 Å². The number of benzene rings is 1. The van der Waals surface area contributed by atoms with Crippen molar-refractivity contribution in [2.45, 2.75) is 25.4 Å². The molecule has 0 saturated heterocycles. The topological polar surface area (TPSA) is 40.5 Å². The lowest BCUT2D eigenvalue weighted by molar-refractivity contribution is -0.138. The van der Waals surface area contributed by atoms with E-state index in [0.29, 0.717) is 17.6 Å². The Bertz CT molecular complexity index is 435. The van der Waals surface area contributed by atoms with Crippen LogP contribution < -0.4 is 0 Å². The third kappa shape index (κ3) is 3.69. The molecule has 0 amide bonds. The van der Waals surface area contributed by atoms with Gasteiger partial charge in [-0.25, -0.2) is 0 Å². The monoisotopic (exact) mass is 317 g/mol. The molecule has 2 rings (SSSR count). The van der Waals surface area contributed by atoms with Crippen molar-refractivity contribution in [3.63, 3.8) is 0 Å². The number of rotatable bonds is 5. The second-order valence-corrected chi connectivity index (χ2v) is 5.59. The summed E-state index contributed by atoms with van der Waals surface area (Å²) in [5.74, 6) is -0.787. The maximum Gasteiger partial charge on any atom is 0.317 e. The van der Waals surface area contributed by atoms with Crippen molar-refractivity contribution >= 4 is 33.5 Å². The molecule has 5 heteroatoms. The molecule has 0 atom stereocenters. The summed E-state index contributed by atoms with van der Waals surface area (Å²) in [7, 11) is 0. The van der Waals surface area contributed by atoms with Crippen LogP contribution in [0.15, 0.2) is 22.7 Å². The van der Waals surface area contributed by atoms with Gasteiger partial charge in [0.15, 0.2) is 0 Å². The van der Waals surface area contributed by atoms with Gasteiger partial charge in [0.25, 0.3) is 0 Å². The van der Waals surface area contributed by atoms with Crippen molar-refractivity contribution in [2.24, 2.45) is 0 Å². The van der Waals surface area contributed by atoms with Gasteiger partial charge < -0.3 is 5.11 Å². The number of carboxylic acids is 1. The normalized spacial score (nSPS) is 15.2. The standard InChI is InChI=1S/C12H13BrClNO2/c13-9-2-1-8(11(14)5-9)6-15(7-12(16)17)10-3-4-10/h1-2,5,10H,3-4,6-7H2,(H,16,17). The quantitative estimate of drug-likeness (QED) is 0.906. The first-order valence-electron chi connectivity index (χ1n) is 5.46. The lowest BCUT2D eigenvalue weighted by atomic mass is 10.2. The molecule has 0 bridgehead atoms. The molecule has 0 spiro atoms. The Morgan fingerprint density at radius 3 is 2.76 bits per heavy atom. The van der Waals surface area contributed by atoms with Crippen molar-refractivity contribution in [1.29, 1.82) is 0 Å². The average Bonchev–Trinajstić information content (AvgIpc) is 3.03. The van der Waals surface area contributed by atoms with Gasteiger partial charge in [-0.3, -0.25) is 9.69 Å². The van der Waals surface area contributed by atoms with Gasteiger partial charge in [-0.2, -0.15) is 0 Å². The summed E-state index contributed by atoms with van der Waals surface area (Å²) in [4.78, 5) is 12.8. The van der Waals surface area contributed by atoms with E-state index in [9.17, 15) is 4.79 Å². The maximum absolute atomic E-state index is 10.8. The van der Waals surface area contributed by atoms with Gasteiger partial charge in [0.05, 0.1) is 6.54 Å². The molecule has 1 aromatic carbocycles. The van der Waals surface area contributed by atoms with E-state index < -0.39 is 5.97 Å². The van der Waals surface area contributed by atoms with E-state index in [1.807, 2.05) is 23.1 Å². The SMILES string of the molecule is O=C(O)CN(Cc1ccc(Br)cc1Cl)C1CC1. The predicted octanol–water partition coefficient (Wildman–Crippen LogP) is 3.15. The highest BCUT2D eigenvalue weighted by Crippen LogP contribution is 2.30. The summed E-state index contributed by atoms with van der Waals surface area (Å²) < 4.78 is 0.933. The molecule has 0 aromatic heterocycles. The molecule has 92 valence electrons. The van der Waals surface area contributed by atoms with E-state index in [1.54, 1.807) is 0 Å². The van der Waals surface area contributed by atoms with Gasteiger partial charge >= 0.3 is 5.97 Å². The lowest BCUT2D eigenvalue weighted by Crippen LogP contribution is -2.31. The molecule has 0 aliphatic heterocycles. The largest absolute Gasteiger partial charge is 0.480 e. The number of carboxylic acid groups (broad SMARTS) is 1. The third-order valence-electron chi connectivity index (χ3n) is 2.79. The Hall–Kier alpha value is -0.580. The van der Waals surface area contributed by atoms with Crippen LogP contribution in [0.5, 0.6) is 0 Å². The van der Waals surface area contributed by atoms with Gasteiger partial charge in [-0.05, 0) is 30.5 Å². The summed E-state index contributed by atoms with van der Waals surface area (Å²) in [6.07, 6.45) is 2.17. The molecule has 1 aromatic rings. The number of nitrogens with zero attached hydrogens (tertiary/aromatic N) is 1. The highest BCUT2D eigenvalue weighted by atomic mass is 79.9. The van der Waals surface area contributed by atoms with E-state index in [1.165, 1.54) is 0 Å². The first-order chi connectivity index (χ1) is 8.06. The Morgan fingerprint density at radius 2 is 2.24 bits per heavy atom. The fraction of sp³-hybridized carbons (Fsp3) is 0.417. The Balaban J connectivity index is 2.08. The first kappa shape index (κ1) is 12.9. The highest BCUT2D eigenvalue weighted by molar-refractivity contribution is 9.10. The van der Waals surface area contributed by atoms with Crippen LogP contribution in [-0.2, 0) is 11.3 Å². The molecule has 1 saturated carbocycles. The zero-order valence-electron chi connectivity index (χ0n) is 9.20. The zero-order chi connectivity index (χ0) is 12.4. The van der Waals surface area contributed by atoms with Gasteiger partial charge in [-0.15, -0.1) is 0 Å². The van der Waals surface area contributed by atoms with Crippen molar-refractivity contribution in [2.75, 3.05) is 6.54 Å². The van der Waals surface area contributed by atoms with Crippen LogP contribution in [0.2, 0.25) is 5.02 Å². The fourth-order valence-electron chi connectivity index (χ4n) is 1.80. The Morgan fingerprint density at radius 1 is 1.53 bits per heavy atom. The number of hydrogen-bond donors (Lipinski definition) is 1. The number of aliphatic carboxylic acids is 1. The van der Waals surface area contributed by atoms with Crippen LogP contribution in [0.3, 0.4) is 0 Å². The minimum atomic E-state index is -0.787. The van der Waals surface area contributed by atoms with Crippen molar-refractivity contribution in [3.8, 4) is 0 Å². The first-order valence-corrected chi connectivity index (χ1v) is 6.63. The fourth-order valence-corrected chi connectivity index (χ4v) is 2.53. The molecule has 3 nitrogen and oxygen atoms in total. The molecule has 0 radical (unpaired) electrons. The van der Waals surface area contributed by atoms with Crippen molar-refractivity contribution in [3.05, 3.63) is 33.3 Å². The van der Waals surface area contributed by atoms with Crippen LogP contribution in [0, 0.1) is 0 Å². The van der Waals surface area contributed by atoms with E-state index in [4.69, 9.17) is 16.7 Å². The summed E-state index contributed by atoms with van der Waals surface area (Å²) >= 11 is 9.48. The maximum atomic E-state index is 10.8. The number of carbonyl (C=O) groups is 1. The molecule has 1 aliphatic carbocycles. The van der Waals surface area contributed by atoms with Crippen LogP contribution in [-0.4, -0.2) is 28.6 Å². The molecule has 1 aliphatic rings. The summed E-state index contributed by atoms with van der Waals surface area (Å²) in [6, 6.07) is 6.10. The molecular formula is C12H13BrClNO2. The zero-order valence-corrected chi connectivity index (χ0v) is 11.5. The Kier molecular flexibility index (Phi) is 4.07. The molecule has 1 N–H and O–H groups in total. The summed E-state index contributed by atoms with van der Waals surface area (Å²) in [5.41, 5.74) is 0.975. The molecular weight excluding hydrogens is 305 g/mol. The van der Waals surface area contributed by atoms with E-state index in [-0.39, 0.29) is 6.54 Å². The van der Waals surface area contributed by atoms with E-state index >= 15 is 0 Å². The Labute approximate surface area is 114 Å². The molecule has 17 heavy (non-hydrogen) atoms. The van der Waals surface area contributed by atoms with Crippen LogP contribution in [0.25, 0.3) is 0 Å². The minimum Gasteiger partial charge on any atom is -0.480 e. The minimum absolute atomic E-state index is 0.0804. The van der Waals surface area contributed by atoms with Crippen LogP contribution in [0.1, 0.15) is 18.4 Å². The highest BCUT2D eigenvalue weighted by Gasteiger charge is 2.30. The number of hydrogen-bond acceptors (Lipinski definition) is 2. The third-order valence-corrected chi connectivity index (χ3v) is 3.64. The summed E-state index contributed by atoms with van der Waals surface area (Å²) in [6.45, 7) is 0.681. The van der Waals surface area contributed by atoms with Gasteiger partial charge in [-0.1, -0.05) is 33.6 Å². The van der Waals surface area contributed by atoms with Gasteiger partial charge in [0, 0.05) is 22.1 Å². The predicted molar refractivity (Wildman–Crippen MR) is 70.2 cm³/mol. The smallest absolute Gasteiger partial charge is 0.317 e. The lowest BCUT2D eigenvalue weighted by Gasteiger charge is -2.20.